The summed E-state index contributed by atoms with van der Waals surface area (Å²) >= 11 is 0. The number of carbonyl (C=O) groups excluding carboxylic acids is 1. The lowest BCUT2D eigenvalue weighted by atomic mass is 9.81. The lowest BCUT2D eigenvalue weighted by Gasteiger charge is -2.31. The standard InChI is InChI=1S/C12H21NO3/c1-12(2,3)16-11(15)13-10(8-14)7-9-5-4-6-9/h8-10H,4-7H2,1-3H3,(H,13,15)/p-1. The van der Waals surface area contributed by atoms with Crippen molar-refractivity contribution in [3.05, 3.63) is 0 Å². The van der Waals surface area contributed by atoms with Gasteiger partial charge in [-0.25, -0.2) is 0 Å². The van der Waals surface area contributed by atoms with Gasteiger partial charge in [0.2, 0.25) is 0 Å². The van der Waals surface area contributed by atoms with Crippen molar-refractivity contribution in [3.63, 3.8) is 0 Å². The number of rotatable bonds is 4. The van der Waals surface area contributed by atoms with Gasteiger partial charge in [-0.3, -0.25) is 4.99 Å². The SMILES string of the molecule is CC(C)(C)OC([O-])=NC(C=O)CC1CCC1. The molecule has 0 spiro atoms. The van der Waals surface area contributed by atoms with Crippen molar-refractivity contribution < 1.29 is 14.6 Å². The van der Waals surface area contributed by atoms with Crippen molar-refractivity contribution >= 4 is 12.4 Å². The molecule has 0 radical (unpaired) electrons. The minimum atomic E-state index is -0.635. The first-order valence-corrected chi connectivity index (χ1v) is 5.80. The minimum absolute atomic E-state index is 0.528. The molecule has 1 saturated carbocycles. The van der Waals surface area contributed by atoms with Crippen molar-refractivity contribution in [2.45, 2.75) is 58.1 Å². The van der Waals surface area contributed by atoms with Crippen LogP contribution in [0.5, 0.6) is 0 Å². The summed E-state index contributed by atoms with van der Waals surface area (Å²) in [4.78, 5) is 14.6. The minimum Gasteiger partial charge on any atom is -0.595 e. The molecule has 0 aliphatic heterocycles. The van der Waals surface area contributed by atoms with Gasteiger partial charge < -0.3 is 14.6 Å². The Hall–Kier alpha value is -1.06. The zero-order chi connectivity index (χ0) is 12.2. The predicted octanol–water partition coefficient (Wildman–Crippen LogP) is 1.28. The molecule has 16 heavy (non-hydrogen) atoms. The highest BCUT2D eigenvalue weighted by molar-refractivity contribution is 5.68. The van der Waals surface area contributed by atoms with Crippen LogP contribution < -0.4 is 5.11 Å². The number of aliphatic imine (C=N–C) groups is 1. The second-order valence-electron chi connectivity index (χ2n) is 5.35. The Balaban J connectivity index is 2.45. The predicted molar refractivity (Wildman–Crippen MR) is 60.1 cm³/mol. The number of carbonyl (C=O) groups is 1. The van der Waals surface area contributed by atoms with Crippen molar-refractivity contribution in [2.24, 2.45) is 10.9 Å². The number of aldehydes is 1. The Morgan fingerprint density at radius 1 is 1.56 bits per heavy atom. The molecule has 0 N–H and O–H groups in total. The first-order chi connectivity index (χ1) is 7.40. The third-order valence-electron chi connectivity index (χ3n) is 2.62. The maximum absolute atomic E-state index is 11.4. The molecule has 1 aliphatic rings. The van der Waals surface area contributed by atoms with Crippen molar-refractivity contribution in [3.8, 4) is 0 Å². The Morgan fingerprint density at radius 3 is 2.56 bits per heavy atom. The molecule has 1 unspecified atom stereocenters. The van der Waals surface area contributed by atoms with Gasteiger partial charge >= 0.3 is 0 Å². The van der Waals surface area contributed by atoms with E-state index in [9.17, 15) is 9.90 Å². The zero-order valence-corrected chi connectivity index (χ0v) is 10.2. The van der Waals surface area contributed by atoms with Gasteiger partial charge in [-0.1, -0.05) is 40.0 Å². The van der Waals surface area contributed by atoms with E-state index in [1.54, 1.807) is 20.8 Å². The molecular weight excluding hydrogens is 206 g/mol. The molecule has 4 heteroatoms. The van der Waals surface area contributed by atoms with Crippen LogP contribution in [-0.2, 0) is 9.53 Å². The van der Waals surface area contributed by atoms with Crippen LogP contribution in [0.1, 0.15) is 46.5 Å². The van der Waals surface area contributed by atoms with Crippen molar-refractivity contribution in [2.75, 3.05) is 0 Å². The number of hydrogen-bond acceptors (Lipinski definition) is 4. The van der Waals surface area contributed by atoms with E-state index in [1.807, 2.05) is 0 Å². The van der Waals surface area contributed by atoms with Crippen molar-refractivity contribution in [1.29, 1.82) is 0 Å². The van der Waals surface area contributed by atoms with Gasteiger partial charge in [0.1, 0.15) is 18.4 Å². The lowest BCUT2D eigenvalue weighted by Crippen LogP contribution is -2.33. The first-order valence-electron chi connectivity index (χ1n) is 5.80. The van der Waals surface area contributed by atoms with Gasteiger partial charge in [-0.15, -0.1) is 0 Å². The molecular formula is C12H20NO3-. The topological polar surface area (TPSA) is 61.7 Å². The summed E-state index contributed by atoms with van der Waals surface area (Å²) < 4.78 is 5.04. The van der Waals surface area contributed by atoms with Crippen LogP contribution in [0.4, 0.5) is 0 Å². The Labute approximate surface area is 96.7 Å². The molecule has 1 rings (SSSR count). The van der Waals surface area contributed by atoms with E-state index in [0.29, 0.717) is 12.3 Å². The highest BCUT2D eigenvalue weighted by Gasteiger charge is 2.21. The van der Waals surface area contributed by atoms with E-state index >= 15 is 0 Å². The van der Waals surface area contributed by atoms with Crippen LogP contribution >= 0.6 is 0 Å². The van der Waals surface area contributed by atoms with Crippen LogP contribution in [-0.4, -0.2) is 24.0 Å². The molecule has 0 heterocycles. The molecule has 0 aromatic heterocycles. The summed E-state index contributed by atoms with van der Waals surface area (Å²) in [5.74, 6) is 0.557. The fraction of sp³-hybridized carbons (Fsp3) is 0.833. The second kappa shape index (κ2) is 5.32. The maximum atomic E-state index is 11.4. The summed E-state index contributed by atoms with van der Waals surface area (Å²) in [6.45, 7) is 5.34. The Morgan fingerprint density at radius 2 is 2.19 bits per heavy atom. The number of nitrogens with zero attached hydrogens (tertiary/aromatic N) is 1. The van der Waals surface area contributed by atoms with Crippen LogP contribution in [0.2, 0.25) is 0 Å². The summed E-state index contributed by atoms with van der Waals surface area (Å²) in [5, 5.41) is 11.4. The van der Waals surface area contributed by atoms with E-state index in [-0.39, 0.29) is 0 Å². The lowest BCUT2D eigenvalue weighted by molar-refractivity contribution is -0.260. The maximum Gasteiger partial charge on any atom is 0.146 e. The monoisotopic (exact) mass is 226 g/mol. The average molecular weight is 226 g/mol. The molecule has 1 fully saturated rings. The van der Waals surface area contributed by atoms with E-state index in [4.69, 9.17) is 4.74 Å². The van der Waals surface area contributed by atoms with Crippen molar-refractivity contribution in [1.82, 2.24) is 0 Å². The number of ether oxygens (including phenoxy) is 1. The molecule has 1 aliphatic carbocycles. The third kappa shape index (κ3) is 4.64. The van der Waals surface area contributed by atoms with Gasteiger partial charge in [0, 0.05) is 5.60 Å². The second-order valence-corrected chi connectivity index (χ2v) is 5.35. The highest BCUT2D eigenvalue weighted by Crippen LogP contribution is 2.30. The van der Waals surface area contributed by atoms with E-state index in [2.05, 4.69) is 4.99 Å². The average Bonchev–Trinajstić information content (AvgIpc) is 2.05. The normalized spacial score (nSPS) is 20.1. The van der Waals surface area contributed by atoms with Gasteiger partial charge in [-0.05, 0) is 12.3 Å². The zero-order valence-electron chi connectivity index (χ0n) is 10.2. The molecule has 0 amide bonds. The Kier molecular flexibility index (Phi) is 4.33. The first kappa shape index (κ1) is 13.0. The van der Waals surface area contributed by atoms with Crippen LogP contribution in [0.15, 0.2) is 4.99 Å². The molecule has 0 aromatic rings. The smallest absolute Gasteiger partial charge is 0.146 e. The molecule has 4 nitrogen and oxygen atoms in total. The summed E-state index contributed by atoms with van der Waals surface area (Å²) in [6.07, 6.45) is 4.31. The van der Waals surface area contributed by atoms with Gasteiger partial charge in [0.25, 0.3) is 0 Å². The number of hydrogen-bond donors (Lipinski definition) is 0. The largest absolute Gasteiger partial charge is 0.595 e. The molecule has 0 aromatic carbocycles. The summed E-state index contributed by atoms with van der Waals surface area (Å²) in [5.41, 5.74) is -0.551. The fourth-order valence-electron chi connectivity index (χ4n) is 1.63. The fourth-order valence-corrected chi connectivity index (χ4v) is 1.63. The van der Waals surface area contributed by atoms with Gasteiger partial charge in [0.15, 0.2) is 0 Å². The quantitative estimate of drug-likeness (QED) is 0.412. The van der Waals surface area contributed by atoms with E-state index in [0.717, 1.165) is 19.1 Å². The third-order valence-corrected chi connectivity index (χ3v) is 2.62. The van der Waals surface area contributed by atoms with E-state index in [1.165, 1.54) is 6.42 Å². The van der Waals surface area contributed by atoms with Gasteiger partial charge in [-0.2, -0.15) is 0 Å². The highest BCUT2D eigenvalue weighted by atomic mass is 16.6. The molecule has 0 bridgehead atoms. The van der Waals surface area contributed by atoms with Crippen LogP contribution in [0, 0.1) is 5.92 Å². The van der Waals surface area contributed by atoms with Crippen LogP contribution in [0.3, 0.4) is 0 Å². The summed E-state index contributed by atoms with van der Waals surface area (Å²) in [6, 6.07) is -0.528. The molecule has 0 saturated heterocycles. The Bertz CT molecular complexity index is 264. The molecule has 1 atom stereocenters. The molecule has 92 valence electrons. The van der Waals surface area contributed by atoms with Crippen LogP contribution in [0.25, 0.3) is 0 Å². The summed E-state index contributed by atoms with van der Waals surface area (Å²) in [7, 11) is 0. The van der Waals surface area contributed by atoms with E-state index < -0.39 is 17.7 Å². The van der Waals surface area contributed by atoms with Gasteiger partial charge in [0.05, 0.1) is 0 Å².